The Morgan fingerprint density at radius 1 is 0.327 bits per heavy atom. The lowest BCUT2D eigenvalue weighted by molar-refractivity contribution is 0.726. The van der Waals surface area contributed by atoms with Gasteiger partial charge in [-0.3, -0.25) is 0 Å². The molecule has 0 bridgehead atoms. The van der Waals surface area contributed by atoms with E-state index in [1.165, 1.54) is 78.1 Å². The fourth-order valence-corrected chi connectivity index (χ4v) is 10.1. The molecule has 8 aromatic rings. The van der Waals surface area contributed by atoms with E-state index in [9.17, 15) is 0 Å². The van der Waals surface area contributed by atoms with Gasteiger partial charge in [-0.2, -0.15) is 0 Å². The highest BCUT2D eigenvalue weighted by atomic mass is 27.2. The van der Waals surface area contributed by atoms with Crippen LogP contribution in [0.2, 0.25) is 5.28 Å². The second-order valence-electron chi connectivity index (χ2n) is 14.6. The zero-order valence-corrected chi connectivity index (χ0v) is 32.6. The van der Waals surface area contributed by atoms with E-state index in [1.54, 1.807) is 0 Å². The normalized spacial score (nSPS) is 11.0. The van der Waals surface area contributed by atoms with Crippen LogP contribution >= 0.6 is 0 Å². The predicted molar refractivity (Wildman–Crippen MR) is 238 cm³/mol. The van der Waals surface area contributed by atoms with Crippen molar-refractivity contribution >= 4 is 26.0 Å². The van der Waals surface area contributed by atoms with Gasteiger partial charge in [0.25, 0.3) is 0 Å². The van der Waals surface area contributed by atoms with Crippen LogP contribution in [0.5, 0.6) is 0 Å². The van der Waals surface area contributed by atoms with E-state index in [1.807, 2.05) is 0 Å². The van der Waals surface area contributed by atoms with Crippen LogP contribution in [0.1, 0.15) is 13.8 Å². The van der Waals surface area contributed by atoms with Crippen molar-refractivity contribution < 1.29 is 0 Å². The molecule has 266 valence electrons. The lowest BCUT2D eigenvalue weighted by atomic mass is 9.91. The summed E-state index contributed by atoms with van der Waals surface area (Å²) in [7, 11) is 0. The van der Waals surface area contributed by atoms with Gasteiger partial charge < -0.3 is 8.60 Å². The maximum absolute atomic E-state index is 4.30. The lowest BCUT2D eigenvalue weighted by Gasteiger charge is -2.27. The van der Waals surface area contributed by atoms with Crippen LogP contribution in [-0.4, -0.2) is 14.6 Å². The predicted octanol–water partition coefficient (Wildman–Crippen LogP) is 14.4. The molecule has 0 atom stereocenters. The summed E-state index contributed by atoms with van der Waals surface area (Å²) in [6.45, 7) is 4.68. The zero-order valence-electron chi connectivity index (χ0n) is 31.5. The Labute approximate surface area is 331 Å². The molecule has 0 aromatic heterocycles. The van der Waals surface area contributed by atoms with E-state index in [2.05, 4.69) is 229 Å². The molecule has 0 spiro atoms. The molecule has 55 heavy (non-hydrogen) atoms. The highest BCUT2D eigenvalue weighted by Crippen LogP contribution is 2.44. The zero-order chi connectivity index (χ0) is 37.4. The minimum atomic E-state index is -2.03. The molecule has 0 fully saturated rings. The number of hydrogen-bond acceptors (Lipinski definition) is 2. The van der Waals surface area contributed by atoms with Crippen molar-refractivity contribution in [1.29, 1.82) is 0 Å². The molecule has 0 saturated carbocycles. The van der Waals surface area contributed by atoms with Crippen LogP contribution in [0.4, 0.5) is 11.4 Å². The van der Waals surface area contributed by atoms with E-state index >= 15 is 0 Å². The van der Waals surface area contributed by atoms with Crippen molar-refractivity contribution in [2.24, 2.45) is 5.92 Å². The number of rotatable bonds is 12. The first-order valence-electron chi connectivity index (χ1n) is 19.3. The minimum absolute atomic E-state index is 0.476. The Kier molecular flexibility index (Phi) is 11.0. The molecule has 0 aliphatic rings. The standard InChI is InChI=1S/2C24H18N.C4H9.Al/c2*25-24-22(19-12-6-2-7-13-19)16-21(18-10-4-1-5-11-18)17-23(24)20-14-8-3-9-15-20;1-4(2)3;/h2*1-17,25H;4H,1H2,2-3H3;/q2*-1;;+2. The van der Waals surface area contributed by atoms with Crippen LogP contribution in [0.15, 0.2) is 206 Å². The Hall–Kier alpha value is -6.11. The summed E-state index contributed by atoms with van der Waals surface area (Å²) >= 11 is -2.03. The first-order valence-corrected chi connectivity index (χ1v) is 21.3. The van der Waals surface area contributed by atoms with Crippen molar-refractivity contribution in [2.75, 3.05) is 8.60 Å². The van der Waals surface area contributed by atoms with Gasteiger partial charge in [-0.15, -0.1) is 0 Å². The molecule has 0 aliphatic carbocycles. The average Bonchev–Trinajstić information content (AvgIpc) is 3.25. The maximum Gasteiger partial charge on any atom is 0.568 e. The molecule has 8 rings (SSSR count). The van der Waals surface area contributed by atoms with Crippen molar-refractivity contribution in [2.45, 2.75) is 19.1 Å². The van der Waals surface area contributed by atoms with Gasteiger partial charge in [-0.25, -0.2) is 0 Å². The van der Waals surface area contributed by atoms with E-state index in [-0.39, 0.29) is 0 Å². The van der Waals surface area contributed by atoms with E-state index < -0.39 is 14.6 Å². The van der Waals surface area contributed by atoms with Crippen LogP contribution in [0, 0.1) is 5.92 Å². The molecule has 8 aromatic carbocycles. The highest BCUT2D eigenvalue weighted by Gasteiger charge is 2.29. The second-order valence-corrected chi connectivity index (χ2v) is 16.7. The molecule has 2 N–H and O–H groups in total. The Balaban J connectivity index is 1.34. The third kappa shape index (κ3) is 8.35. The number of benzene rings is 8. The minimum Gasteiger partial charge on any atom is -0.457 e. The van der Waals surface area contributed by atoms with Gasteiger partial charge >= 0.3 is 14.6 Å². The summed E-state index contributed by atoms with van der Waals surface area (Å²) in [6, 6.07) is 74.4. The van der Waals surface area contributed by atoms with Gasteiger partial charge in [0, 0.05) is 33.6 Å². The summed E-state index contributed by atoms with van der Waals surface area (Å²) in [5.41, 5.74) is 16.7. The Bertz CT molecular complexity index is 2160. The smallest absolute Gasteiger partial charge is 0.457 e. The third-order valence-corrected chi connectivity index (χ3v) is 12.9. The number of nitrogens with one attached hydrogen (secondary N) is 2. The topological polar surface area (TPSA) is 24.1 Å². The van der Waals surface area contributed by atoms with Crippen molar-refractivity contribution in [1.82, 2.24) is 0 Å². The van der Waals surface area contributed by atoms with Crippen LogP contribution in [0.3, 0.4) is 0 Å². The molecule has 2 nitrogen and oxygen atoms in total. The van der Waals surface area contributed by atoms with Crippen LogP contribution in [0.25, 0.3) is 66.8 Å². The fourth-order valence-electron chi connectivity index (χ4n) is 7.55. The van der Waals surface area contributed by atoms with E-state index in [0.29, 0.717) is 5.92 Å². The van der Waals surface area contributed by atoms with Gasteiger partial charge in [0.1, 0.15) is 0 Å². The average molecular weight is 725 g/mol. The monoisotopic (exact) mass is 724 g/mol. The van der Waals surface area contributed by atoms with E-state index in [4.69, 9.17) is 0 Å². The lowest BCUT2D eigenvalue weighted by Crippen LogP contribution is -2.36. The van der Waals surface area contributed by atoms with Gasteiger partial charge in [0.15, 0.2) is 0 Å². The molecule has 0 radical (unpaired) electrons. The molecule has 0 saturated heterocycles. The largest absolute Gasteiger partial charge is 0.568 e. The quantitative estimate of drug-likeness (QED) is 0.123. The first kappa shape index (κ1) is 35.9. The van der Waals surface area contributed by atoms with Crippen LogP contribution in [-0.2, 0) is 0 Å². The SMILES string of the molecule is CC(C)[CH2][Al]([NH]c1c(-c2ccccc2)cc(-c2ccccc2)cc1-c1ccccc1)[NH]c1c(-c2ccccc2)cc(-c2ccccc2)cc1-c1ccccc1. The summed E-state index contributed by atoms with van der Waals surface area (Å²) in [6.07, 6.45) is 0. The molecule has 0 unspecified atom stereocenters. The first-order chi connectivity index (χ1) is 27.1. The molecule has 3 heteroatoms. The highest BCUT2D eigenvalue weighted by molar-refractivity contribution is 6.66. The Morgan fingerprint density at radius 2 is 0.564 bits per heavy atom. The Morgan fingerprint density at radius 3 is 0.800 bits per heavy atom. The second kappa shape index (κ2) is 16.9. The van der Waals surface area contributed by atoms with E-state index in [0.717, 1.165) is 5.28 Å². The molecule has 0 heterocycles. The van der Waals surface area contributed by atoms with Gasteiger partial charge in [0.2, 0.25) is 0 Å². The van der Waals surface area contributed by atoms with Gasteiger partial charge in [-0.1, -0.05) is 207 Å². The summed E-state index contributed by atoms with van der Waals surface area (Å²) in [4.78, 5) is 0. The molecular formula is C52H45AlN2. The van der Waals surface area contributed by atoms with Crippen molar-refractivity contribution in [3.63, 3.8) is 0 Å². The molecular weight excluding hydrogens is 680 g/mol. The van der Waals surface area contributed by atoms with Crippen molar-refractivity contribution in [3.8, 4) is 66.8 Å². The number of anilines is 2. The fraction of sp³-hybridized carbons (Fsp3) is 0.0769. The number of hydrogen-bond donors (Lipinski definition) is 2. The maximum atomic E-state index is 4.30. The summed E-state index contributed by atoms with van der Waals surface area (Å²) < 4.78 is 8.61. The van der Waals surface area contributed by atoms with Crippen LogP contribution < -0.4 is 8.60 Å². The van der Waals surface area contributed by atoms with Gasteiger partial charge in [0.05, 0.1) is 0 Å². The van der Waals surface area contributed by atoms with Gasteiger partial charge in [-0.05, 0) is 68.8 Å². The summed E-state index contributed by atoms with van der Waals surface area (Å²) in [5.74, 6) is 0.476. The molecule has 0 aliphatic heterocycles. The summed E-state index contributed by atoms with van der Waals surface area (Å²) in [5, 5.41) is 1.03. The third-order valence-electron chi connectivity index (χ3n) is 10.2. The van der Waals surface area contributed by atoms with Crippen molar-refractivity contribution in [3.05, 3.63) is 206 Å². The molecule has 0 amide bonds.